The molecule has 4 heteroatoms. The SMILES string of the molecule is O[C@@]12[C@@H]3[C@H]4C[C@@H]5[C@@H]([C@@H]4[C@@H]1Br)[C@@H]2C(Br)(Br)[C@@H]53. The summed E-state index contributed by atoms with van der Waals surface area (Å²) in [6.07, 6.45) is 1.38. The van der Waals surface area contributed by atoms with Gasteiger partial charge in [0.15, 0.2) is 0 Å². The molecule has 6 rings (SSSR count). The third-order valence-corrected chi connectivity index (χ3v) is 9.73. The molecular formula is C11H11Br3O. The van der Waals surface area contributed by atoms with E-state index in [4.69, 9.17) is 0 Å². The first-order valence-corrected chi connectivity index (χ1v) is 8.25. The van der Waals surface area contributed by atoms with Crippen LogP contribution in [0.1, 0.15) is 6.42 Å². The monoisotopic (exact) mass is 396 g/mol. The van der Waals surface area contributed by atoms with E-state index in [1.54, 1.807) is 0 Å². The number of alkyl halides is 3. The number of rotatable bonds is 0. The number of hydrogen-bond donors (Lipinski definition) is 1. The lowest BCUT2D eigenvalue weighted by atomic mass is 9.69. The summed E-state index contributed by atoms with van der Waals surface area (Å²) in [7, 11) is 0. The molecule has 0 amide bonds. The highest BCUT2D eigenvalue weighted by atomic mass is 79.9. The molecule has 0 aromatic rings. The molecule has 1 N–H and O–H groups in total. The van der Waals surface area contributed by atoms with Gasteiger partial charge in [0.1, 0.15) is 0 Å². The van der Waals surface area contributed by atoms with Crippen molar-refractivity contribution in [3.8, 4) is 0 Å². The summed E-state index contributed by atoms with van der Waals surface area (Å²) in [6.45, 7) is 0. The fourth-order valence-corrected chi connectivity index (χ4v) is 10.4. The van der Waals surface area contributed by atoms with Crippen molar-refractivity contribution in [3.63, 3.8) is 0 Å². The molecule has 6 bridgehead atoms. The van der Waals surface area contributed by atoms with Gasteiger partial charge >= 0.3 is 0 Å². The van der Waals surface area contributed by atoms with Crippen LogP contribution in [0.2, 0.25) is 0 Å². The molecule has 0 radical (unpaired) electrons. The van der Waals surface area contributed by atoms with Gasteiger partial charge in [0, 0.05) is 10.7 Å². The van der Waals surface area contributed by atoms with Crippen molar-refractivity contribution in [3.05, 3.63) is 0 Å². The molecule has 0 aliphatic heterocycles. The predicted octanol–water partition coefficient (Wildman–Crippen LogP) is 2.74. The van der Waals surface area contributed by atoms with Gasteiger partial charge in [-0.2, -0.15) is 0 Å². The Morgan fingerprint density at radius 1 is 1.07 bits per heavy atom. The molecule has 0 aromatic heterocycles. The maximum Gasteiger partial charge on any atom is 0.0898 e. The second kappa shape index (κ2) is 2.17. The molecular weight excluding hydrogens is 388 g/mol. The van der Waals surface area contributed by atoms with Gasteiger partial charge in [0.05, 0.1) is 8.83 Å². The number of halogens is 3. The molecule has 0 spiro atoms. The average Bonchev–Trinajstić information content (AvgIpc) is 2.81. The van der Waals surface area contributed by atoms with Gasteiger partial charge < -0.3 is 5.11 Å². The highest BCUT2D eigenvalue weighted by molar-refractivity contribution is 9.25. The van der Waals surface area contributed by atoms with Gasteiger partial charge in [-0.05, 0) is 41.9 Å². The average molecular weight is 399 g/mol. The van der Waals surface area contributed by atoms with E-state index in [0.717, 1.165) is 23.7 Å². The van der Waals surface area contributed by atoms with Crippen LogP contribution in [0.25, 0.3) is 0 Å². The van der Waals surface area contributed by atoms with Gasteiger partial charge in [-0.1, -0.05) is 47.8 Å². The van der Waals surface area contributed by atoms with Gasteiger partial charge in [0.2, 0.25) is 0 Å². The Balaban J connectivity index is 1.88. The third-order valence-electron chi connectivity index (χ3n) is 6.34. The zero-order chi connectivity index (χ0) is 10.3. The molecule has 0 unspecified atom stereocenters. The summed E-state index contributed by atoms with van der Waals surface area (Å²) in [5.74, 6) is 4.93. The zero-order valence-electron chi connectivity index (χ0n) is 7.91. The van der Waals surface area contributed by atoms with Crippen LogP contribution in [0.4, 0.5) is 0 Å². The fraction of sp³-hybridized carbons (Fsp3) is 1.00. The third kappa shape index (κ3) is 0.609. The molecule has 1 nitrogen and oxygen atoms in total. The topological polar surface area (TPSA) is 20.2 Å². The fourth-order valence-electron chi connectivity index (χ4n) is 6.49. The summed E-state index contributed by atoms with van der Waals surface area (Å²) in [6, 6.07) is 0. The van der Waals surface area contributed by atoms with Crippen LogP contribution >= 0.6 is 47.8 Å². The van der Waals surface area contributed by atoms with E-state index < -0.39 is 5.60 Å². The van der Waals surface area contributed by atoms with Crippen LogP contribution in [-0.4, -0.2) is 18.8 Å². The van der Waals surface area contributed by atoms with Gasteiger partial charge in [-0.15, -0.1) is 0 Å². The molecule has 0 aromatic carbocycles. The maximum absolute atomic E-state index is 11.0. The lowest BCUT2D eigenvalue weighted by molar-refractivity contribution is -0.0514. The minimum absolute atomic E-state index is 0.0424. The largest absolute Gasteiger partial charge is 0.388 e. The van der Waals surface area contributed by atoms with Crippen molar-refractivity contribution in [2.24, 2.45) is 41.4 Å². The minimum Gasteiger partial charge on any atom is -0.388 e. The molecule has 0 heterocycles. The van der Waals surface area contributed by atoms with E-state index in [9.17, 15) is 5.11 Å². The summed E-state index contributed by atoms with van der Waals surface area (Å²) in [4.78, 5) is 0.363. The number of aliphatic hydroxyl groups is 1. The lowest BCUT2D eigenvalue weighted by Gasteiger charge is -2.38. The summed E-state index contributed by atoms with van der Waals surface area (Å²) < 4.78 is 0.0424. The Bertz CT molecular complexity index is 395. The molecule has 6 fully saturated rings. The van der Waals surface area contributed by atoms with Gasteiger partial charge in [-0.25, -0.2) is 0 Å². The minimum atomic E-state index is -0.412. The Hall–Kier alpha value is 1.40. The van der Waals surface area contributed by atoms with E-state index in [0.29, 0.717) is 22.6 Å². The van der Waals surface area contributed by atoms with Crippen LogP contribution in [0.5, 0.6) is 0 Å². The zero-order valence-corrected chi connectivity index (χ0v) is 12.7. The Labute approximate surface area is 114 Å². The highest BCUT2D eigenvalue weighted by Gasteiger charge is 2.91. The maximum atomic E-state index is 11.0. The number of hydrogen-bond acceptors (Lipinski definition) is 1. The first-order valence-electron chi connectivity index (χ1n) is 5.75. The van der Waals surface area contributed by atoms with Crippen LogP contribution in [-0.2, 0) is 0 Å². The van der Waals surface area contributed by atoms with E-state index in [1.807, 2.05) is 0 Å². The van der Waals surface area contributed by atoms with E-state index in [-0.39, 0.29) is 3.23 Å². The summed E-state index contributed by atoms with van der Waals surface area (Å²) >= 11 is 11.6. The van der Waals surface area contributed by atoms with Crippen molar-refractivity contribution in [2.45, 2.75) is 20.1 Å². The predicted molar refractivity (Wildman–Crippen MR) is 67.3 cm³/mol. The van der Waals surface area contributed by atoms with E-state index in [2.05, 4.69) is 47.8 Å². The lowest BCUT2D eigenvalue weighted by Crippen LogP contribution is -2.46. The summed E-state index contributed by atoms with van der Waals surface area (Å²) in [5, 5.41) is 11.0. The van der Waals surface area contributed by atoms with Crippen molar-refractivity contribution in [1.82, 2.24) is 0 Å². The van der Waals surface area contributed by atoms with Gasteiger partial charge in [0.25, 0.3) is 0 Å². The van der Waals surface area contributed by atoms with Crippen LogP contribution in [0, 0.1) is 41.4 Å². The van der Waals surface area contributed by atoms with Crippen molar-refractivity contribution in [2.75, 3.05) is 0 Å². The van der Waals surface area contributed by atoms with Crippen molar-refractivity contribution in [1.29, 1.82) is 0 Å². The highest BCUT2D eigenvalue weighted by Crippen LogP contribution is 2.89. The van der Waals surface area contributed by atoms with E-state index >= 15 is 0 Å². The molecule has 82 valence electrons. The van der Waals surface area contributed by atoms with Crippen molar-refractivity contribution < 1.29 is 5.11 Å². The normalized spacial score (nSPS) is 79.2. The first-order chi connectivity index (χ1) is 7.00. The molecule has 15 heavy (non-hydrogen) atoms. The summed E-state index contributed by atoms with van der Waals surface area (Å²) in [5.41, 5.74) is -0.412. The molecule has 6 aliphatic carbocycles. The quantitative estimate of drug-likeness (QED) is 0.622. The first kappa shape index (κ1) is 9.35. The molecule has 6 aliphatic rings. The standard InChI is InChI=1S/C11H11Br3O/c12-9-5-3-1-2-4(5)8-10(9,15)6(3)7(2)11(8,13)14/h2-9,15H,1H2/t2-,3+,4+,5-,6-,7+,8+,9+,10-/m1/s1. The van der Waals surface area contributed by atoms with Crippen LogP contribution in [0.15, 0.2) is 0 Å². The molecule has 9 atom stereocenters. The molecule has 0 saturated heterocycles. The second-order valence-corrected chi connectivity index (χ2v) is 10.9. The Kier molecular flexibility index (Phi) is 1.35. The van der Waals surface area contributed by atoms with Gasteiger partial charge in [-0.3, -0.25) is 0 Å². The second-order valence-electron chi connectivity index (χ2n) is 6.21. The smallest absolute Gasteiger partial charge is 0.0898 e. The Morgan fingerprint density at radius 2 is 1.73 bits per heavy atom. The Morgan fingerprint density at radius 3 is 2.40 bits per heavy atom. The van der Waals surface area contributed by atoms with Crippen LogP contribution < -0.4 is 0 Å². The van der Waals surface area contributed by atoms with Crippen LogP contribution in [0.3, 0.4) is 0 Å². The molecule has 6 saturated carbocycles. The van der Waals surface area contributed by atoms with Crippen molar-refractivity contribution >= 4 is 47.8 Å². The van der Waals surface area contributed by atoms with E-state index in [1.165, 1.54) is 6.42 Å².